The minimum absolute atomic E-state index is 0.196. The average molecular weight is 455 g/mol. The number of fused-ring (bicyclic) bond motifs is 1. The number of nitrogen functional groups attached to an aromatic ring is 1. The van der Waals surface area contributed by atoms with Gasteiger partial charge in [-0.05, 0) is 24.5 Å². The highest BCUT2D eigenvalue weighted by atomic mass is 35.5. The van der Waals surface area contributed by atoms with E-state index in [9.17, 15) is 0 Å². The number of nitrogens with zero attached hydrogens (tertiary/aromatic N) is 3. The van der Waals surface area contributed by atoms with Crippen LogP contribution in [0.4, 0.5) is 5.95 Å². The number of benzene rings is 2. The van der Waals surface area contributed by atoms with Crippen molar-refractivity contribution in [2.24, 2.45) is 0 Å². The van der Waals surface area contributed by atoms with Crippen LogP contribution < -0.4 is 15.2 Å². The van der Waals surface area contributed by atoms with Crippen molar-refractivity contribution in [3.05, 3.63) is 70.0 Å². The van der Waals surface area contributed by atoms with Gasteiger partial charge < -0.3 is 15.2 Å². The molecule has 0 saturated carbocycles. The van der Waals surface area contributed by atoms with Crippen molar-refractivity contribution < 1.29 is 9.47 Å². The molecule has 158 valence electrons. The van der Waals surface area contributed by atoms with Gasteiger partial charge in [0.15, 0.2) is 0 Å². The zero-order valence-corrected chi connectivity index (χ0v) is 18.5. The van der Waals surface area contributed by atoms with E-state index in [1.54, 1.807) is 12.3 Å². The monoisotopic (exact) mass is 454 g/mol. The maximum atomic E-state index is 6.62. The summed E-state index contributed by atoms with van der Waals surface area (Å²) in [6, 6.07) is 13.7. The number of aromatic nitrogens is 3. The summed E-state index contributed by atoms with van der Waals surface area (Å²) in [7, 11) is 3.07. The number of hydrogen-bond donors (Lipinski definition) is 1. The van der Waals surface area contributed by atoms with Crippen LogP contribution in [0.5, 0.6) is 11.5 Å². The van der Waals surface area contributed by atoms with E-state index < -0.39 is 0 Å². The third-order valence-corrected chi connectivity index (χ3v) is 5.73. The first-order chi connectivity index (χ1) is 15.0. The highest BCUT2D eigenvalue weighted by Crippen LogP contribution is 2.45. The molecule has 0 aliphatic carbocycles. The molecule has 0 aliphatic heterocycles. The van der Waals surface area contributed by atoms with E-state index in [1.165, 1.54) is 19.8 Å². The summed E-state index contributed by atoms with van der Waals surface area (Å²) in [5, 5.41) is 1.49. The third-order valence-electron chi connectivity index (χ3n) is 4.98. The van der Waals surface area contributed by atoms with Crippen LogP contribution in [0.15, 0.2) is 48.7 Å². The highest BCUT2D eigenvalue weighted by Gasteiger charge is 2.21. The van der Waals surface area contributed by atoms with Crippen molar-refractivity contribution in [2.75, 3.05) is 20.0 Å². The van der Waals surface area contributed by atoms with Gasteiger partial charge in [-0.3, -0.25) is 4.98 Å². The molecule has 2 aromatic heterocycles. The fourth-order valence-corrected chi connectivity index (χ4v) is 4.13. The molecule has 2 aromatic carbocycles. The minimum Gasteiger partial charge on any atom is -0.495 e. The van der Waals surface area contributed by atoms with E-state index in [2.05, 4.69) is 22.1 Å². The van der Waals surface area contributed by atoms with E-state index in [4.69, 9.17) is 43.4 Å². The summed E-state index contributed by atoms with van der Waals surface area (Å²) in [6.45, 7) is 0. The Kier molecular flexibility index (Phi) is 6.11. The molecular weight excluding hydrogens is 435 g/mol. The number of halogens is 2. The van der Waals surface area contributed by atoms with Gasteiger partial charge in [0.25, 0.3) is 0 Å². The number of rotatable bonds is 6. The number of anilines is 1. The Labute approximate surface area is 190 Å². The summed E-state index contributed by atoms with van der Waals surface area (Å²) in [6.07, 6.45) is 3.12. The second-order valence-electron chi connectivity index (χ2n) is 6.89. The molecule has 0 unspecified atom stereocenters. The zero-order chi connectivity index (χ0) is 22.0. The van der Waals surface area contributed by atoms with Gasteiger partial charge in [-0.2, -0.15) is 0 Å². The number of pyridine rings is 1. The molecule has 4 rings (SSSR count). The fraction of sp³-hybridized carbons (Fsp3) is 0.174. The van der Waals surface area contributed by atoms with Crippen molar-refractivity contribution >= 4 is 40.1 Å². The maximum absolute atomic E-state index is 6.62. The Morgan fingerprint density at radius 1 is 0.903 bits per heavy atom. The molecule has 0 atom stereocenters. The van der Waals surface area contributed by atoms with Crippen LogP contribution in [0.1, 0.15) is 11.3 Å². The predicted octanol–water partition coefficient (Wildman–Crippen LogP) is 5.38. The molecule has 0 bridgehead atoms. The van der Waals surface area contributed by atoms with Crippen molar-refractivity contribution in [1.29, 1.82) is 0 Å². The molecule has 8 heteroatoms. The molecule has 0 aliphatic rings. The Morgan fingerprint density at radius 2 is 1.58 bits per heavy atom. The topological polar surface area (TPSA) is 83.2 Å². The standard InChI is InChI=1S/C23H20Cl2N4O2/c1-30-17-11-18(31-2)21(25)19(20(17)24)16-10-14-12-27-23(26)29-22(14)15(28-16)9-8-13-6-4-3-5-7-13/h3-7,10-12H,8-9H2,1-2H3,(H2,26,27,29). The Bertz CT molecular complexity index is 1220. The van der Waals surface area contributed by atoms with Crippen molar-refractivity contribution in [3.8, 4) is 22.8 Å². The average Bonchev–Trinajstić information content (AvgIpc) is 2.78. The maximum Gasteiger partial charge on any atom is 0.220 e. The first-order valence-electron chi connectivity index (χ1n) is 9.58. The highest BCUT2D eigenvalue weighted by molar-refractivity contribution is 6.41. The summed E-state index contributed by atoms with van der Waals surface area (Å²) in [5.41, 5.74) is 9.63. The third kappa shape index (κ3) is 4.22. The molecule has 0 amide bonds. The first kappa shape index (κ1) is 21.2. The molecule has 4 aromatic rings. The second-order valence-corrected chi connectivity index (χ2v) is 7.65. The molecule has 0 fully saturated rings. The zero-order valence-electron chi connectivity index (χ0n) is 17.0. The van der Waals surface area contributed by atoms with Gasteiger partial charge in [-0.15, -0.1) is 0 Å². The van der Waals surface area contributed by atoms with E-state index >= 15 is 0 Å². The van der Waals surface area contributed by atoms with E-state index in [-0.39, 0.29) is 5.95 Å². The van der Waals surface area contributed by atoms with Gasteiger partial charge in [0.05, 0.1) is 41.2 Å². The number of ether oxygens (including phenoxy) is 2. The fourth-order valence-electron chi connectivity index (χ4n) is 3.44. The van der Waals surface area contributed by atoms with Gasteiger partial charge in [-0.25, -0.2) is 9.97 Å². The molecule has 2 N–H and O–H groups in total. The summed E-state index contributed by atoms with van der Waals surface area (Å²) in [5.74, 6) is 1.08. The minimum atomic E-state index is 0.196. The lowest BCUT2D eigenvalue weighted by molar-refractivity contribution is 0.395. The number of aryl methyl sites for hydroxylation is 2. The second kappa shape index (κ2) is 8.96. The van der Waals surface area contributed by atoms with Crippen LogP contribution in [0.3, 0.4) is 0 Å². The molecule has 0 saturated heterocycles. The van der Waals surface area contributed by atoms with Gasteiger partial charge in [0.1, 0.15) is 11.5 Å². The lowest BCUT2D eigenvalue weighted by atomic mass is 10.0. The SMILES string of the molecule is COc1cc(OC)c(Cl)c(-c2cc3cnc(N)nc3c(CCc3ccccc3)n2)c1Cl. The Balaban J connectivity index is 1.89. The predicted molar refractivity (Wildman–Crippen MR) is 124 cm³/mol. The van der Waals surface area contributed by atoms with Gasteiger partial charge >= 0.3 is 0 Å². The molecule has 0 radical (unpaired) electrons. The lowest BCUT2D eigenvalue weighted by Gasteiger charge is -2.16. The smallest absolute Gasteiger partial charge is 0.220 e. The van der Waals surface area contributed by atoms with Crippen molar-refractivity contribution in [1.82, 2.24) is 15.0 Å². The number of hydrogen-bond acceptors (Lipinski definition) is 6. The van der Waals surface area contributed by atoms with Crippen LogP contribution in [0.25, 0.3) is 22.2 Å². The first-order valence-corrected chi connectivity index (χ1v) is 10.3. The largest absolute Gasteiger partial charge is 0.495 e. The Morgan fingerprint density at radius 3 is 2.23 bits per heavy atom. The molecular formula is C23H20Cl2N4O2. The number of methoxy groups -OCH3 is 2. The van der Waals surface area contributed by atoms with Gasteiger partial charge in [0.2, 0.25) is 5.95 Å². The molecule has 0 spiro atoms. The quantitative estimate of drug-likeness (QED) is 0.420. The van der Waals surface area contributed by atoms with Crippen LogP contribution in [-0.4, -0.2) is 29.2 Å². The van der Waals surface area contributed by atoms with Crippen molar-refractivity contribution in [2.45, 2.75) is 12.8 Å². The van der Waals surface area contributed by atoms with E-state index in [1.807, 2.05) is 24.3 Å². The van der Waals surface area contributed by atoms with Crippen LogP contribution in [0, 0.1) is 0 Å². The normalized spacial score (nSPS) is 11.0. The lowest BCUT2D eigenvalue weighted by Crippen LogP contribution is -2.03. The van der Waals surface area contributed by atoms with E-state index in [0.29, 0.717) is 44.7 Å². The molecule has 31 heavy (non-hydrogen) atoms. The van der Waals surface area contributed by atoms with Crippen molar-refractivity contribution in [3.63, 3.8) is 0 Å². The molecule has 6 nitrogen and oxygen atoms in total. The van der Waals surface area contributed by atoms with E-state index in [0.717, 1.165) is 17.5 Å². The Hall–Kier alpha value is -3.09. The summed E-state index contributed by atoms with van der Waals surface area (Å²) >= 11 is 13.2. The molecule has 2 heterocycles. The number of nitrogens with two attached hydrogens (primary N) is 1. The van der Waals surface area contributed by atoms with Crippen LogP contribution in [0.2, 0.25) is 10.0 Å². The van der Waals surface area contributed by atoms with Gasteiger partial charge in [-0.1, -0.05) is 53.5 Å². The summed E-state index contributed by atoms with van der Waals surface area (Å²) in [4.78, 5) is 13.4. The summed E-state index contributed by atoms with van der Waals surface area (Å²) < 4.78 is 10.8. The van der Waals surface area contributed by atoms with Gasteiger partial charge in [0, 0.05) is 23.2 Å². The van der Waals surface area contributed by atoms with Crippen LogP contribution in [-0.2, 0) is 12.8 Å². The van der Waals surface area contributed by atoms with Crippen LogP contribution >= 0.6 is 23.2 Å².